The molecule has 1 aliphatic rings. The lowest BCUT2D eigenvalue weighted by Gasteiger charge is -2.16. The van der Waals surface area contributed by atoms with Crippen molar-refractivity contribution >= 4 is 38.1 Å². The zero-order chi connectivity index (χ0) is 21.1. The number of benzene rings is 2. The molecule has 30 heavy (non-hydrogen) atoms. The van der Waals surface area contributed by atoms with Crippen molar-refractivity contribution < 1.29 is 13.2 Å². The number of sulfonamides is 1. The molecule has 1 heterocycles. The first-order chi connectivity index (χ1) is 14.4. The maximum Gasteiger partial charge on any atom is 0.230 e. The topological polar surface area (TPSA) is 88.2 Å². The van der Waals surface area contributed by atoms with Gasteiger partial charge in [-0.25, -0.2) is 13.4 Å². The van der Waals surface area contributed by atoms with Gasteiger partial charge in [0.25, 0.3) is 0 Å². The molecular weight excluding hydrogens is 418 g/mol. The van der Waals surface area contributed by atoms with E-state index in [9.17, 15) is 13.2 Å². The third kappa shape index (κ3) is 5.06. The monoisotopic (exact) mass is 441 g/mol. The van der Waals surface area contributed by atoms with Crippen molar-refractivity contribution in [1.29, 1.82) is 0 Å². The van der Waals surface area contributed by atoms with Gasteiger partial charge in [0.05, 0.1) is 24.1 Å². The van der Waals surface area contributed by atoms with Crippen molar-refractivity contribution in [2.75, 3.05) is 16.3 Å². The van der Waals surface area contributed by atoms with E-state index in [1.807, 2.05) is 5.38 Å². The average Bonchev–Trinajstić information content (AvgIpc) is 3.16. The normalized spacial score (nSPS) is 13.5. The summed E-state index contributed by atoms with van der Waals surface area (Å²) in [6, 6.07) is 13.4. The number of nitrogens with one attached hydrogen (secondary N) is 2. The summed E-state index contributed by atoms with van der Waals surface area (Å²) in [6.07, 6.45) is 5.86. The summed E-state index contributed by atoms with van der Waals surface area (Å²) in [5.41, 5.74) is 5.75. The van der Waals surface area contributed by atoms with Crippen LogP contribution in [0.1, 0.15) is 29.5 Å². The van der Waals surface area contributed by atoms with Crippen molar-refractivity contribution in [3.63, 3.8) is 0 Å². The fourth-order valence-corrected chi connectivity index (χ4v) is 5.00. The predicted octanol–water partition coefficient (Wildman–Crippen LogP) is 4.24. The molecule has 0 unspecified atom stereocenters. The van der Waals surface area contributed by atoms with Crippen LogP contribution >= 0.6 is 11.3 Å². The summed E-state index contributed by atoms with van der Waals surface area (Å²) in [4.78, 5) is 17.1. The van der Waals surface area contributed by atoms with Crippen LogP contribution < -0.4 is 10.0 Å². The van der Waals surface area contributed by atoms with Crippen molar-refractivity contribution in [3.8, 4) is 11.3 Å². The highest BCUT2D eigenvalue weighted by molar-refractivity contribution is 7.92. The molecule has 0 saturated heterocycles. The van der Waals surface area contributed by atoms with E-state index in [0.29, 0.717) is 16.4 Å². The van der Waals surface area contributed by atoms with Crippen LogP contribution in [0.5, 0.6) is 0 Å². The number of thiazole rings is 1. The first-order valence-electron chi connectivity index (χ1n) is 9.81. The maximum atomic E-state index is 12.5. The van der Waals surface area contributed by atoms with Crippen LogP contribution in [0.4, 0.5) is 10.8 Å². The molecule has 1 aromatic heterocycles. The smallest absolute Gasteiger partial charge is 0.230 e. The van der Waals surface area contributed by atoms with Crippen LogP contribution in [-0.4, -0.2) is 25.6 Å². The van der Waals surface area contributed by atoms with Crippen LogP contribution in [0.2, 0.25) is 0 Å². The Hall–Kier alpha value is -2.71. The van der Waals surface area contributed by atoms with Crippen LogP contribution in [-0.2, 0) is 34.1 Å². The van der Waals surface area contributed by atoms with E-state index in [4.69, 9.17) is 0 Å². The number of anilines is 2. The lowest BCUT2D eigenvalue weighted by Crippen LogP contribution is -2.17. The highest BCUT2D eigenvalue weighted by Crippen LogP contribution is 2.29. The van der Waals surface area contributed by atoms with Gasteiger partial charge in [0.1, 0.15) is 0 Å². The quantitative estimate of drug-likeness (QED) is 0.599. The predicted molar refractivity (Wildman–Crippen MR) is 121 cm³/mol. The lowest BCUT2D eigenvalue weighted by molar-refractivity contribution is -0.115. The van der Waals surface area contributed by atoms with Gasteiger partial charge in [0, 0.05) is 10.9 Å². The number of fused-ring (bicyclic) bond motifs is 1. The lowest BCUT2D eigenvalue weighted by atomic mass is 9.90. The molecule has 0 aliphatic heterocycles. The van der Waals surface area contributed by atoms with Crippen LogP contribution in [0.15, 0.2) is 47.8 Å². The third-order valence-electron chi connectivity index (χ3n) is 5.06. The molecule has 0 saturated carbocycles. The second-order valence-electron chi connectivity index (χ2n) is 7.48. The Labute approximate surface area is 180 Å². The summed E-state index contributed by atoms with van der Waals surface area (Å²) in [6.45, 7) is 0. The third-order valence-corrected chi connectivity index (χ3v) is 6.41. The number of carbonyl (C=O) groups is 1. The van der Waals surface area contributed by atoms with E-state index in [0.717, 1.165) is 30.4 Å². The molecule has 1 amide bonds. The van der Waals surface area contributed by atoms with Gasteiger partial charge in [0.2, 0.25) is 15.9 Å². The van der Waals surface area contributed by atoms with E-state index < -0.39 is 10.0 Å². The Kier molecular flexibility index (Phi) is 5.87. The number of aromatic nitrogens is 1. The SMILES string of the molecule is CS(=O)(=O)Nc1ccccc1CC(=O)Nc1nc(-c2ccc3c(c2)CCCC3)cs1. The summed E-state index contributed by atoms with van der Waals surface area (Å²) < 4.78 is 25.5. The highest BCUT2D eigenvalue weighted by atomic mass is 32.2. The second kappa shape index (κ2) is 8.57. The number of hydrogen-bond donors (Lipinski definition) is 2. The Bertz CT molecular complexity index is 1190. The van der Waals surface area contributed by atoms with Gasteiger partial charge in [-0.05, 0) is 54.5 Å². The summed E-state index contributed by atoms with van der Waals surface area (Å²) in [7, 11) is -3.42. The van der Waals surface area contributed by atoms with Gasteiger partial charge in [-0.15, -0.1) is 11.3 Å². The number of nitrogens with zero attached hydrogens (tertiary/aromatic N) is 1. The minimum absolute atomic E-state index is 0.0481. The van der Waals surface area contributed by atoms with Gasteiger partial charge < -0.3 is 5.32 Å². The molecule has 8 heteroatoms. The molecule has 0 atom stereocenters. The first kappa shape index (κ1) is 20.6. The standard InChI is InChI=1S/C22H23N3O3S2/c1-30(27,28)25-19-9-5-4-8-17(19)13-21(26)24-22-23-20(14-29-22)18-11-10-15-6-2-3-7-16(15)12-18/h4-5,8-12,14,25H,2-3,6-7,13H2,1H3,(H,23,24,26). The van der Waals surface area contributed by atoms with E-state index >= 15 is 0 Å². The minimum atomic E-state index is -3.42. The maximum absolute atomic E-state index is 12.5. The van der Waals surface area contributed by atoms with E-state index in [2.05, 4.69) is 33.2 Å². The van der Waals surface area contributed by atoms with Crippen LogP contribution in [0, 0.1) is 0 Å². The number of aryl methyl sites for hydroxylation is 2. The fraction of sp³-hybridized carbons (Fsp3) is 0.273. The zero-order valence-corrected chi connectivity index (χ0v) is 18.3. The second-order valence-corrected chi connectivity index (χ2v) is 10.1. The van der Waals surface area contributed by atoms with Gasteiger partial charge in [-0.2, -0.15) is 0 Å². The fourth-order valence-electron chi connectivity index (χ4n) is 3.67. The Morgan fingerprint density at radius 1 is 1.10 bits per heavy atom. The first-order valence-corrected chi connectivity index (χ1v) is 12.6. The molecule has 2 N–H and O–H groups in total. The summed E-state index contributed by atoms with van der Waals surface area (Å²) in [5, 5.41) is 5.30. The Morgan fingerprint density at radius 2 is 1.87 bits per heavy atom. The molecule has 3 aromatic rings. The van der Waals surface area contributed by atoms with Gasteiger partial charge in [0.15, 0.2) is 5.13 Å². The minimum Gasteiger partial charge on any atom is -0.302 e. The molecule has 6 nitrogen and oxygen atoms in total. The van der Waals surface area contributed by atoms with Crippen molar-refractivity contribution in [1.82, 2.24) is 4.98 Å². The number of para-hydroxylation sites is 1. The molecule has 0 fully saturated rings. The number of carbonyl (C=O) groups excluding carboxylic acids is 1. The molecule has 0 spiro atoms. The van der Waals surface area contributed by atoms with E-state index in [1.165, 1.54) is 35.3 Å². The van der Waals surface area contributed by atoms with Crippen molar-refractivity contribution in [3.05, 3.63) is 64.5 Å². The van der Waals surface area contributed by atoms with Gasteiger partial charge in [-0.3, -0.25) is 9.52 Å². The van der Waals surface area contributed by atoms with Crippen LogP contribution in [0.25, 0.3) is 11.3 Å². The Morgan fingerprint density at radius 3 is 2.67 bits per heavy atom. The average molecular weight is 442 g/mol. The van der Waals surface area contributed by atoms with Gasteiger partial charge >= 0.3 is 0 Å². The van der Waals surface area contributed by atoms with E-state index in [1.54, 1.807) is 24.3 Å². The van der Waals surface area contributed by atoms with E-state index in [-0.39, 0.29) is 12.3 Å². The molecule has 156 valence electrons. The highest BCUT2D eigenvalue weighted by Gasteiger charge is 2.14. The van der Waals surface area contributed by atoms with Crippen molar-refractivity contribution in [2.24, 2.45) is 0 Å². The summed E-state index contributed by atoms with van der Waals surface area (Å²) >= 11 is 1.38. The van der Waals surface area contributed by atoms with Gasteiger partial charge in [-0.1, -0.05) is 30.3 Å². The molecule has 0 radical (unpaired) electrons. The van der Waals surface area contributed by atoms with Crippen LogP contribution in [0.3, 0.4) is 0 Å². The number of rotatable bonds is 6. The molecular formula is C22H23N3O3S2. The summed E-state index contributed by atoms with van der Waals surface area (Å²) in [5.74, 6) is -0.246. The van der Waals surface area contributed by atoms with Crippen molar-refractivity contribution in [2.45, 2.75) is 32.1 Å². The molecule has 0 bridgehead atoms. The number of hydrogen-bond acceptors (Lipinski definition) is 5. The molecule has 1 aliphatic carbocycles. The number of amides is 1. The molecule has 4 rings (SSSR count). The largest absolute Gasteiger partial charge is 0.302 e. The zero-order valence-electron chi connectivity index (χ0n) is 16.6. The Balaban J connectivity index is 1.45. The molecule has 2 aromatic carbocycles.